The van der Waals surface area contributed by atoms with Gasteiger partial charge in [-0.3, -0.25) is 5.43 Å². The first kappa shape index (κ1) is 16.2. The van der Waals surface area contributed by atoms with Gasteiger partial charge in [0.15, 0.2) is 11.0 Å². The molecular weight excluding hydrogens is 447 g/mol. The number of nitrogens with zero attached hydrogens (tertiary/aromatic N) is 3. The van der Waals surface area contributed by atoms with Gasteiger partial charge in [-0.05, 0) is 49.6 Å². The summed E-state index contributed by atoms with van der Waals surface area (Å²) in [5.41, 5.74) is 3.65. The minimum atomic E-state index is 0.143. The van der Waals surface area contributed by atoms with Crippen molar-refractivity contribution in [3.63, 3.8) is 0 Å². The van der Waals surface area contributed by atoms with Gasteiger partial charge in [-0.15, -0.1) is 10.2 Å². The van der Waals surface area contributed by atoms with Gasteiger partial charge in [0, 0.05) is 10.8 Å². The molecule has 3 rings (SSSR count). The molecule has 8 heteroatoms. The average Bonchev–Trinajstić information content (AvgIpc) is 2.55. The highest BCUT2D eigenvalue weighted by atomic mass is 79.9. The number of phenolic OH excluding ortho intramolecular Hbond substituents is 1. The second-order valence-corrected chi connectivity index (χ2v) is 6.65. The number of aromatic nitrogens is 2. The summed E-state index contributed by atoms with van der Waals surface area (Å²) in [6, 6.07) is 11.0. The number of hydrogen-bond acceptors (Lipinski definition) is 5. The summed E-state index contributed by atoms with van der Waals surface area (Å²) in [5, 5.41) is 23.8. The van der Waals surface area contributed by atoms with Crippen LogP contribution in [-0.4, -0.2) is 21.5 Å². The van der Waals surface area contributed by atoms with Crippen molar-refractivity contribution in [3.8, 4) is 5.75 Å². The zero-order valence-corrected chi connectivity index (χ0v) is 15.4. The number of hydrogen-bond donors (Lipinski definition) is 2. The Hall–Kier alpha value is -1.70. The van der Waals surface area contributed by atoms with E-state index in [2.05, 4.69) is 52.6 Å². The molecule has 0 saturated carbocycles. The molecule has 0 saturated heterocycles. The zero-order chi connectivity index (χ0) is 16.4. The van der Waals surface area contributed by atoms with Crippen LogP contribution < -0.4 is 5.43 Å². The Morgan fingerprint density at radius 1 is 1.09 bits per heavy atom. The quantitative estimate of drug-likeness (QED) is 0.432. The lowest BCUT2D eigenvalue weighted by Crippen LogP contribution is -1.97. The molecule has 0 aliphatic carbocycles. The zero-order valence-electron chi connectivity index (χ0n) is 11.5. The molecule has 116 valence electrons. The lowest BCUT2D eigenvalue weighted by atomic mass is 10.2. The van der Waals surface area contributed by atoms with Gasteiger partial charge in [-0.1, -0.05) is 35.9 Å². The van der Waals surface area contributed by atoms with E-state index >= 15 is 0 Å². The predicted octanol–water partition coefficient (Wildman–Crippen LogP) is 4.96. The van der Waals surface area contributed by atoms with E-state index in [4.69, 9.17) is 11.6 Å². The van der Waals surface area contributed by atoms with Gasteiger partial charge < -0.3 is 5.11 Å². The van der Waals surface area contributed by atoms with E-state index in [1.165, 1.54) is 0 Å². The summed E-state index contributed by atoms with van der Waals surface area (Å²) in [6.45, 7) is 0. The Morgan fingerprint density at radius 3 is 2.43 bits per heavy atom. The van der Waals surface area contributed by atoms with E-state index in [1.54, 1.807) is 18.3 Å². The molecule has 0 aliphatic rings. The molecule has 0 radical (unpaired) electrons. The van der Waals surface area contributed by atoms with Crippen molar-refractivity contribution in [2.75, 3.05) is 5.43 Å². The smallest absolute Gasteiger partial charge is 0.176 e. The lowest BCUT2D eigenvalue weighted by molar-refractivity contribution is 0.468. The van der Waals surface area contributed by atoms with Crippen LogP contribution in [0.25, 0.3) is 10.8 Å². The fraction of sp³-hybridized carbons (Fsp3) is 0. The third kappa shape index (κ3) is 3.46. The number of hydrazone groups is 1. The number of aromatic hydroxyl groups is 1. The van der Waals surface area contributed by atoms with Crippen molar-refractivity contribution in [3.05, 3.63) is 56.1 Å². The second-order valence-electron chi connectivity index (χ2n) is 4.59. The molecule has 0 bridgehead atoms. The first-order valence-electron chi connectivity index (χ1n) is 6.44. The summed E-state index contributed by atoms with van der Waals surface area (Å²) in [4.78, 5) is 0. The number of anilines is 1. The highest BCUT2D eigenvalue weighted by Gasteiger charge is 2.07. The molecular formula is C15H9Br2ClN4O. The predicted molar refractivity (Wildman–Crippen MR) is 99.3 cm³/mol. The fourth-order valence-corrected chi connectivity index (χ4v) is 3.41. The van der Waals surface area contributed by atoms with Crippen LogP contribution in [-0.2, 0) is 0 Å². The number of fused-ring (bicyclic) bond motifs is 1. The largest absolute Gasteiger partial charge is 0.506 e. The van der Waals surface area contributed by atoms with Gasteiger partial charge in [-0.25, -0.2) is 0 Å². The Morgan fingerprint density at radius 2 is 1.74 bits per heavy atom. The van der Waals surface area contributed by atoms with Gasteiger partial charge in [0.1, 0.15) is 5.75 Å². The third-order valence-corrected chi connectivity index (χ3v) is 4.55. The summed E-state index contributed by atoms with van der Waals surface area (Å²) in [7, 11) is 0. The Balaban J connectivity index is 1.88. The van der Waals surface area contributed by atoms with Crippen molar-refractivity contribution in [1.29, 1.82) is 0 Å². The summed E-state index contributed by atoms with van der Waals surface area (Å²) in [6.07, 6.45) is 1.61. The fourth-order valence-electron chi connectivity index (χ4n) is 1.98. The standard InChI is InChI=1S/C15H9Br2ClN4O/c16-11-5-8(6-12(17)13(11)23)7-19-21-15-10-4-2-1-3-9(10)14(18)20-22-15/h1-7,23H,(H,21,22). The number of phenols is 1. The molecule has 0 aliphatic heterocycles. The number of halogens is 3. The van der Waals surface area contributed by atoms with Gasteiger partial charge in [0.05, 0.1) is 15.2 Å². The molecule has 0 spiro atoms. The third-order valence-electron chi connectivity index (χ3n) is 3.07. The molecule has 2 N–H and O–H groups in total. The van der Waals surface area contributed by atoms with E-state index < -0.39 is 0 Å². The van der Waals surface area contributed by atoms with Crippen LogP contribution in [0.4, 0.5) is 5.82 Å². The molecule has 3 aromatic rings. The van der Waals surface area contributed by atoms with Crippen LogP contribution in [0.1, 0.15) is 5.56 Å². The van der Waals surface area contributed by atoms with Crippen LogP contribution in [0.3, 0.4) is 0 Å². The van der Waals surface area contributed by atoms with Crippen LogP contribution in [0, 0.1) is 0 Å². The van der Waals surface area contributed by atoms with Crippen molar-refractivity contribution >= 4 is 66.3 Å². The van der Waals surface area contributed by atoms with E-state index in [0.717, 1.165) is 16.3 Å². The van der Waals surface area contributed by atoms with E-state index in [1.807, 2.05) is 24.3 Å². The van der Waals surface area contributed by atoms with Gasteiger partial charge in [0.2, 0.25) is 0 Å². The van der Waals surface area contributed by atoms with Crippen molar-refractivity contribution in [2.45, 2.75) is 0 Å². The number of benzene rings is 2. The molecule has 0 amide bonds. The molecule has 0 unspecified atom stereocenters. The minimum Gasteiger partial charge on any atom is -0.506 e. The summed E-state index contributed by atoms with van der Waals surface area (Å²) < 4.78 is 1.15. The average molecular weight is 457 g/mol. The van der Waals surface area contributed by atoms with Crippen LogP contribution >= 0.6 is 43.5 Å². The summed E-state index contributed by atoms with van der Waals surface area (Å²) >= 11 is 12.6. The molecule has 0 atom stereocenters. The van der Waals surface area contributed by atoms with Crippen LogP contribution in [0.5, 0.6) is 5.75 Å². The topological polar surface area (TPSA) is 70.4 Å². The summed E-state index contributed by atoms with van der Waals surface area (Å²) in [5.74, 6) is 0.655. The molecule has 0 fully saturated rings. The van der Waals surface area contributed by atoms with Crippen LogP contribution in [0.15, 0.2) is 50.4 Å². The van der Waals surface area contributed by atoms with Crippen molar-refractivity contribution in [2.24, 2.45) is 5.10 Å². The first-order valence-corrected chi connectivity index (χ1v) is 8.40. The highest BCUT2D eigenvalue weighted by Crippen LogP contribution is 2.33. The molecule has 23 heavy (non-hydrogen) atoms. The van der Waals surface area contributed by atoms with E-state index in [0.29, 0.717) is 19.9 Å². The van der Waals surface area contributed by atoms with Gasteiger partial charge in [0.25, 0.3) is 0 Å². The normalized spacial score (nSPS) is 11.3. The monoisotopic (exact) mass is 454 g/mol. The maximum Gasteiger partial charge on any atom is 0.176 e. The molecule has 1 aromatic heterocycles. The van der Waals surface area contributed by atoms with Gasteiger partial charge in [-0.2, -0.15) is 5.10 Å². The van der Waals surface area contributed by atoms with Crippen molar-refractivity contribution < 1.29 is 5.11 Å². The Bertz CT molecular complexity index is 894. The first-order chi connectivity index (χ1) is 11.1. The highest BCUT2D eigenvalue weighted by molar-refractivity contribution is 9.11. The van der Waals surface area contributed by atoms with Gasteiger partial charge >= 0.3 is 0 Å². The van der Waals surface area contributed by atoms with Crippen LogP contribution in [0.2, 0.25) is 5.15 Å². The SMILES string of the molecule is Oc1c(Br)cc(C=NNc2nnc(Cl)c3ccccc23)cc1Br. The maximum atomic E-state index is 9.69. The number of nitrogens with one attached hydrogen (secondary N) is 1. The Kier molecular flexibility index (Phi) is 4.79. The molecule has 2 aromatic carbocycles. The minimum absolute atomic E-state index is 0.143. The molecule has 1 heterocycles. The van der Waals surface area contributed by atoms with E-state index in [9.17, 15) is 5.11 Å². The van der Waals surface area contributed by atoms with E-state index in [-0.39, 0.29) is 5.75 Å². The number of rotatable bonds is 3. The maximum absolute atomic E-state index is 9.69. The second kappa shape index (κ2) is 6.82. The van der Waals surface area contributed by atoms with Crippen molar-refractivity contribution in [1.82, 2.24) is 10.2 Å². The lowest BCUT2D eigenvalue weighted by Gasteiger charge is -2.05. The Labute approximate surface area is 153 Å². The molecule has 5 nitrogen and oxygen atoms in total.